The molecule has 0 aromatic heterocycles. The molecule has 0 unspecified atom stereocenters. The molecule has 6 nitrogen and oxygen atoms in total. The molecule has 0 aliphatic carbocycles. The highest BCUT2D eigenvalue weighted by molar-refractivity contribution is 5.95. The van der Waals surface area contributed by atoms with Crippen molar-refractivity contribution >= 4 is 5.91 Å². The minimum Gasteiger partial charge on any atom is -0.493 e. The standard InChI is InChI=1S/C21H25F2NO5/c1-26-10-9-24(13-19(22)23)21(25)16-11-17(27-2)20(18(12-16)28-3)29-14-15-7-5-4-6-8-15/h4-8,11-12,19H,9-10,13-14H2,1-3H3. The molecule has 0 atom stereocenters. The van der Waals surface area contributed by atoms with E-state index in [-0.39, 0.29) is 36.8 Å². The minimum absolute atomic E-state index is 0.0383. The predicted octanol–water partition coefficient (Wildman–Crippen LogP) is 3.64. The van der Waals surface area contributed by atoms with Crippen LogP contribution in [0.2, 0.25) is 0 Å². The van der Waals surface area contributed by atoms with E-state index < -0.39 is 18.9 Å². The van der Waals surface area contributed by atoms with Crippen LogP contribution in [0.1, 0.15) is 15.9 Å². The van der Waals surface area contributed by atoms with Gasteiger partial charge >= 0.3 is 0 Å². The van der Waals surface area contributed by atoms with Crippen LogP contribution >= 0.6 is 0 Å². The maximum absolute atomic E-state index is 12.9. The van der Waals surface area contributed by atoms with Gasteiger partial charge < -0.3 is 23.8 Å². The number of ether oxygens (including phenoxy) is 4. The summed E-state index contributed by atoms with van der Waals surface area (Å²) < 4.78 is 47.3. The van der Waals surface area contributed by atoms with Crippen molar-refractivity contribution in [2.45, 2.75) is 13.0 Å². The van der Waals surface area contributed by atoms with Gasteiger partial charge in [0.1, 0.15) is 6.61 Å². The van der Waals surface area contributed by atoms with Crippen LogP contribution in [-0.2, 0) is 11.3 Å². The van der Waals surface area contributed by atoms with Crippen LogP contribution in [0.25, 0.3) is 0 Å². The molecule has 0 heterocycles. The molecule has 0 bridgehead atoms. The van der Waals surface area contributed by atoms with Gasteiger partial charge in [0.2, 0.25) is 5.75 Å². The predicted molar refractivity (Wildman–Crippen MR) is 104 cm³/mol. The molecule has 2 rings (SSSR count). The summed E-state index contributed by atoms with van der Waals surface area (Å²) in [6.45, 7) is -0.243. The summed E-state index contributed by atoms with van der Waals surface area (Å²) in [6.07, 6.45) is -2.66. The third kappa shape index (κ3) is 6.32. The van der Waals surface area contributed by atoms with Gasteiger partial charge in [0.05, 0.1) is 27.4 Å². The number of carbonyl (C=O) groups is 1. The van der Waals surface area contributed by atoms with Crippen molar-refractivity contribution in [3.05, 3.63) is 53.6 Å². The number of hydrogen-bond acceptors (Lipinski definition) is 5. The minimum atomic E-state index is -2.66. The first kappa shape index (κ1) is 22.4. The average Bonchev–Trinajstić information content (AvgIpc) is 2.74. The van der Waals surface area contributed by atoms with Crippen molar-refractivity contribution in [3.63, 3.8) is 0 Å². The van der Waals surface area contributed by atoms with E-state index in [1.165, 1.54) is 33.5 Å². The second kappa shape index (κ2) is 11.2. The quantitative estimate of drug-likeness (QED) is 0.567. The van der Waals surface area contributed by atoms with Crippen LogP contribution in [0.5, 0.6) is 17.2 Å². The molecule has 0 spiro atoms. The third-order valence-corrected chi connectivity index (χ3v) is 4.14. The van der Waals surface area contributed by atoms with Gasteiger partial charge in [-0.2, -0.15) is 0 Å². The second-order valence-corrected chi connectivity index (χ2v) is 6.12. The molecule has 158 valence electrons. The van der Waals surface area contributed by atoms with E-state index in [1.54, 1.807) is 0 Å². The molecule has 2 aromatic rings. The van der Waals surface area contributed by atoms with Crippen molar-refractivity contribution in [1.82, 2.24) is 4.90 Å². The molecule has 0 saturated carbocycles. The lowest BCUT2D eigenvalue weighted by Crippen LogP contribution is -2.37. The van der Waals surface area contributed by atoms with Crippen LogP contribution in [0.3, 0.4) is 0 Å². The number of methoxy groups -OCH3 is 3. The summed E-state index contributed by atoms with van der Waals surface area (Å²) in [4.78, 5) is 13.8. The first-order chi connectivity index (χ1) is 14.0. The Kier molecular flexibility index (Phi) is 8.67. The highest BCUT2D eigenvalue weighted by atomic mass is 19.3. The number of alkyl halides is 2. The number of nitrogens with zero attached hydrogens (tertiary/aromatic N) is 1. The Morgan fingerprint density at radius 3 is 2.17 bits per heavy atom. The summed E-state index contributed by atoms with van der Waals surface area (Å²) in [7, 11) is 4.30. The molecular formula is C21H25F2NO5. The fraction of sp³-hybridized carbons (Fsp3) is 0.381. The van der Waals surface area contributed by atoms with Crippen LogP contribution in [0, 0.1) is 0 Å². The van der Waals surface area contributed by atoms with Crippen molar-refractivity contribution in [2.75, 3.05) is 41.0 Å². The normalized spacial score (nSPS) is 10.7. The molecule has 2 aromatic carbocycles. The van der Waals surface area contributed by atoms with Crippen LogP contribution in [-0.4, -0.2) is 58.3 Å². The molecule has 0 aliphatic rings. The molecular weight excluding hydrogens is 384 g/mol. The lowest BCUT2D eigenvalue weighted by molar-refractivity contribution is 0.0477. The Morgan fingerprint density at radius 2 is 1.66 bits per heavy atom. The van der Waals surface area contributed by atoms with E-state index >= 15 is 0 Å². The molecule has 0 radical (unpaired) electrons. The number of halogens is 2. The van der Waals surface area contributed by atoms with Gasteiger partial charge in [-0.3, -0.25) is 4.79 Å². The number of carbonyl (C=O) groups excluding carboxylic acids is 1. The largest absolute Gasteiger partial charge is 0.493 e. The lowest BCUT2D eigenvalue weighted by atomic mass is 10.1. The smallest absolute Gasteiger partial charge is 0.255 e. The van der Waals surface area contributed by atoms with Crippen molar-refractivity contribution < 1.29 is 32.5 Å². The molecule has 0 aliphatic heterocycles. The molecule has 0 saturated heterocycles. The third-order valence-electron chi connectivity index (χ3n) is 4.14. The van der Waals surface area contributed by atoms with Crippen molar-refractivity contribution in [3.8, 4) is 17.2 Å². The molecule has 0 N–H and O–H groups in total. The number of hydrogen-bond donors (Lipinski definition) is 0. The van der Waals surface area contributed by atoms with Gasteiger partial charge in [0.25, 0.3) is 12.3 Å². The molecule has 1 amide bonds. The van der Waals surface area contributed by atoms with Crippen LogP contribution in [0.4, 0.5) is 8.78 Å². The van der Waals surface area contributed by atoms with Gasteiger partial charge in [-0.25, -0.2) is 8.78 Å². The highest BCUT2D eigenvalue weighted by Gasteiger charge is 2.23. The Balaban J connectivity index is 2.29. The Hall–Kier alpha value is -2.87. The lowest BCUT2D eigenvalue weighted by Gasteiger charge is -2.23. The van der Waals surface area contributed by atoms with Crippen molar-refractivity contribution in [1.29, 1.82) is 0 Å². The van der Waals surface area contributed by atoms with E-state index in [1.807, 2.05) is 30.3 Å². The van der Waals surface area contributed by atoms with Crippen LogP contribution < -0.4 is 14.2 Å². The van der Waals surface area contributed by atoms with Gasteiger partial charge in [0, 0.05) is 19.2 Å². The zero-order valence-corrected chi connectivity index (χ0v) is 16.7. The van der Waals surface area contributed by atoms with E-state index in [2.05, 4.69) is 0 Å². The van der Waals surface area contributed by atoms with Crippen LogP contribution in [0.15, 0.2) is 42.5 Å². The fourth-order valence-corrected chi connectivity index (χ4v) is 2.70. The van der Waals surface area contributed by atoms with Gasteiger partial charge in [0.15, 0.2) is 11.5 Å². The topological polar surface area (TPSA) is 57.2 Å². The first-order valence-corrected chi connectivity index (χ1v) is 8.99. The second-order valence-electron chi connectivity index (χ2n) is 6.12. The Bertz CT molecular complexity index is 761. The van der Waals surface area contributed by atoms with E-state index in [0.29, 0.717) is 5.75 Å². The summed E-state index contributed by atoms with van der Waals surface area (Å²) in [5.41, 5.74) is 1.10. The van der Waals surface area contributed by atoms with E-state index in [0.717, 1.165) is 10.5 Å². The maximum Gasteiger partial charge on any atom is 0.255 e. The Morgan fingerprint density at radius 1 is 1.03 bits per heavy atom. The van der Waals surface area contributed by atoms with Gasteiger partial charge in [-0.1, -0.05) is 30.3 Å². The molecule has 29 heavy (non-hydrogen) atoms. The number of rotatable bonds is 11. The summed E-state index contributed by atoms with van der Waals surface area (Å²) in [5, 5.41) is 0. The number of benzene rings is 2. The summed E-state index contributed by atoms with van der Waals surface area (Å²) in [5.74, 6) is 0.293. The summed E-state index contributed by atoms with van der Waals surface area (Å²) >= 11 is 0. The Labute approximate surface area is 168 Å². The fourth-order valence-electron chi connectivity index (χ4n) is 2.70. The zero-order valence-electron chi connectivity index (χ0n) is 16.7. The van der Waals surface area contributed by atoms with Gasteiger partial charge in [-0.05, 0) is 17.7 Å². The van der Waals surface area contributed by atoms with Crippen molar-refractivity contribution in [2.24, 2.45) is 0 Å². The average molecular weight is 409 g/mol. The SMILES string of the molecule is COCCN(CC(F)F)C(=O)c1cc(OC)c(OCc2ccccc2)c(OC)c1. The molecule has 0 fully saturated rings. The van der Waals surface area contributed by atoms with Gasteiger partial charge in [-0.15, -0.1) is 0 Å². The zero-order chi connectivity index (χ0) is 21.2. The van der Waals surface area contributed by atoms with E-state index in [9.17, 15) is 13.6 Å². The highest BCUT2D eigenvalue weighted by Crippen LogP contribution is 2.39. The monoisotopic (exact) mass is 409 g/mol. The maximum atomic E-state index is 12.9. The summed E-state index contributed by atoms with van der Waals surface area (Å²) in [6, 6.07) is 12.4. The number of amides is 1. The molecule has 8 heteroatoms. The first-order valence-electron chi connectivity index (χ1n) is 8.99. The van der Waals surface area contributed by atoms with E-state index in [4.69, 9.17) is 18.9 Å².